The van der Waals surface area contributed by atoms with E-state index in [9.17, 15) is 9.18 Å². The highest BCUT2D eigenvalue weighted by atomic mass is 32.2. The van der Waals surface area contributed by atoms with Crippen LogP contribution in [0, 0.1) is 5.82 Å². The number of nitrogens with zero attached hydrogens (tertiary/aromatic N) is 1. The monoisotopic (exact) mass is 421 g/mol. The van der Waals surface area contributed by atoms with Gasteiger partial charge in [0.1, 0.15) is 5.82 Å². The molecule has 1 unspecified atom stereocenters. The fraction of sp³-hybridized carbons (Fsp3) is 0.292. The zero-order valence-electron chi connectivity index (χ0n) is 16.9. The number of nitrogens with one attached hydrogen (secondary N) is 2. The maximum Gasteiger partial charge on any atom is 0.221 e. The van der Waals surface area contributed by atoms with E-state index in [4.69, 9.17) is 0 Å². The van der Waals surface area contributed by atoms with Gasteiger partial charge in [-0.2, -0.15) is 0 Å². The fourth-order valence-corrected chi connectivity index (χ4v) is 5.78. The second kappa shape index (κ2) is 7.93. The molecule has 2 N–H and O–H groups in total. The van der Waals surface area contributed by atoms with E-state index in [1.54, 1.807) is 12.1 Å². The molecule has 2 aliphatic rings. The summed E-state index contributed by atoms with van der Waals surface area (Å²) in [6.07, 6.45) is 5.26. The predicted octanol–water partition coefficient (Wildman–Crippen LogP) is 5.24. The maximum absolute atomic E-state index is 13.7. The van der Waals surface area contributed by atoms with Crippen LogP contribution in [0.2, 0.25) is 0 Å². The number of carbonyl (C=O) groups excluding carboxylic acids is 1. The number of hydrogen-bond acceptors (Lipinski definition) is 3. The van der Waals surface area contributed by atoms with E-state index in [-0.39, 0.29) is 11.7 Å². The lowest BCUT2D eigenvalue weighted by atomic mass is 9.96. The van der Waals surface area contributed by atoms with Gasteiger partial charge < -0.3 is 10.3 Å². The summed E-state index contributed by atoms with van der Waals surface area (Å²) in [4.78, 5) is 18.3. The molecule has 0 aliphatic carbocycles. The lowest BCUT2D eigenvalue weighted by Gasteiger charge is -2.29. The van der Waals surface area contributed by atoms with Gasteiger partial charge in [-0.3, -0.25) is 9.69 Å². The molecule has 3 aromatic rings. The van der Waals surface area contributed by atoms with Gasteiger partial charge in [-0.25, -0.2) is 4.39 Å². The van der Waals surface area contributed by atoms with Crippen LogP contribution in [0.5, 0.6) is 0 Å². The summed E-state index contributed by atoms with van der Waals surface area (Å²) in [6.45, 7) is 4.49. The number of anilines is 1. The number of benzene rings is 2. The third kappa shape index (κ3) is 3.77. The Hall–Kier alpha value is -2.57. The zero-order valence-corrected chi connectivity index (χ0v) is 17.7. The van der Waals surface area contributed by atoms with Gasteiger partial charge in [0.25, 0.3) is 0 Å². The first-order valence-corrected chi connectivity index (χ1v) is 11.3. The molecule has 0 saturated heterocycles. The van der Waals surface area contributed by atoms with E-state index >= 15 is 0 Å². The van der Waals surface area contributed by atoms with Gasteiger partial charge in [0.05, 0.1) is 0 Å². The van der Waals surface area contributed by atoms with Crippen molar-refractivity contribution in [3.63, 3.8) is 0 Å². The molecule has 0 bridgehead atoms. The molecule has 0 saturated carbocycles. The molecular formula is C24H24FN3OS. The second-order valence-electron chi connectivity index (χ2n) is 8.07. The fourth-order valence-electron chi connectivity index (χ4n) is 4.50. The highest BCUT2D eigenvalue weighted by molar-refractivity contribution is 7.99. The molecule has 1 aromatic heterocycles. The Kier molecular flexibility index (Phi) is 5.13. The van der Waals surface area contributed by atoms with Gasteiger partial charge in [-0.15, -0.1) is 11.8 Å². The number of fused-ring (bicyclic) bond motifs is 2. The van der Waals surface area contributed by atoms with Crippen LogP contribution in [-0.2, 0) is 4.79 Å². The Morgan fingerprint density at radius 3 is 3.00 bits per heavy atom. The van der Waals surface area contributed by atoms with Crippen LogP contribution >= 0.6 is 11.8 Å². The number of H-pyrrole nitrogens is 1. The first-order chi connectivity index (χ1) is 14.6. The average Bonchev–Trinajstić information content (AvgIpc) is 3.32. The molecule has 4 nitrogen and oxygen atoms in total. The Morgan fingerprint density at radius 1 is 1.30 bits per heavy atom. The SMILES string of the molecule is CC(=O)Nc1ccc2c(c1)SCC2CN1CC=C(c2c[nH]c3ccc(F)cc23)CC1. The molecule has 3 heterocycles. The van der Waals surface area contributed by atoms with Crippen LogP contribution in [0.15, 0.2) is 53.6 Å². The van der Waals surface area contributed by atoms with Crippen molar-refractivity contribution < 1.29 is 9.18 Å². The van der Waals surface area contributed by atoms with Gasteiger partial charge in [0, 0.05) is 71.5 Å². The Bertz CT molecular complexity index is 1150. The minimum absolute atomic E-state index is 0.0386. The summed E-state index contributed by atoms with van der Waals surface area (Å²) in [5, 5.41) is 3.83. The van der Waals surface area contributed by atoms with Crippen molar-refractivity contribution in [3.05, 3.63) is 65.6 Å². The third-order valence-corrected chi connectivity index (χ3v) is 7.21. The van der Waals surface area contributed by atoms with E-state index in [1.807, 2.05) is 24.0 Å². The summed E-state index contributed by atoms with van der Waals surface area (Å²) < 4.78 is 13.7. The molecule has 1 amide bonds. The van der Waals surface area contributed by atoms with Crippen molar-refractivity contribution in [1.82, 2.24) is 9.88 Å². The van der Waals surface area contributed by atoms with Gasteiger partial charge in [0.15, 0.2) is 0 Å². The minimum atomic E-state index is -0.194. The summed E-state index contributed by atoms with van der Waals surface area (Å²) in [5.41, 5.74) is 5.65. The maximum atomic E-state index is 13.7. The van der Waals surface area contributed by atoms with Crippen molar-refractivity contribution in [2.24, 2.45) is 0 Å². The van der Waals surface area contributed by atoms with Crippen molar-refractivity contribution >= 4 is 39.8 Å². The van der Waals surface area contributed by atoms with Crippen LogP contribution < -0.4 is 5.32 Å². The quantitative estimate of drug-likeness (QED) is 0.605. The van der Waals surface area contributed by atoms with Gasteiger partial charge in [-0.1, -0.05) is 12.1 Å². The lowest BCUT2D eigenvalue weighted by molar-refractivity contribution is -0.114. The standard InChI is InChI=1S/C24H24FN3OS/c1-15(29)27-19-3-4-20-17(14-30-24(20)11-19)13-28-8-6-16(7-9-28)22-12-26-23-5-2-18(25)10-21(22)23/h2-6,10-12,17,26H,7-9,13-14H2,1H3,(H,27,29). The molecule has 2 aliphatic heterocycles. The van der Waals surface area contributed by atoms with Crippen LogP contribution in [0.25, 0.3) is 16.5 Å². The summed E-state index contributed by atoms with van der Waals surface area (Å²) in [6, 6.07) is 11.2. The molecule has 0 fully saturated rings. The molecular weight excluding hydrogens is 397 g/mol. The molecule has 30 heavy (non-hydrogen) atoms. The average molecular weight is 422 g/mol. The number of amides is 1. The van der Waals surface area contributed by atoms with Crippen LogP contribution in [0.4, 0.5) is 10.1 Å². The lowest BCUT2D eigenvalue weighted by Crippen LogP contribution is -2.32. The highest BCUT2D eigenvalue weighted by Crippen LogP contribution is 2.41. The molecule has 6 heteroatoms. The van der Waals surface area contributed by atoms with Gasteiger partial charge in [0.2, 0.25) is 5.91 Å². The van der Waals surface area contributed by atoms with Crippen molar-refractivity contribution in [2.75, 3.05) is 30.7 Å². The highest BCUT2D eigenvalue weighted by Gasteiger charge is 2.26. The second-order valence-corrected chi connectivity index (χ2v) is 9.13. The number of aromatic nitrogens is 1. The third-order valence-electron chi connectivity index (χ3n) is 5.98. The van der Waals surface area contributed by atoms with Crippen LogP contribution in [-0.4, -0.2) is 41.2 Å². The number of aromatic amines is 1. The summed E-state index contributed by atoms with van der Waals surface area (Å²) in [5.74, 6) is 1.35. The minimum Gasteiger partial charge on any atom is -0.361 e. The predicted molar refractivity (Wildman–Crippen MR) is 122 cm³/mol. The zero-order chi connectivity index (χ0) is 20.7. The van der Waals surface area contributed by atoms with Crippen LogP contribution in [0.3, 0.4) is 0 Å². The smallest absolute Gasteiger partial charge is 0.221 e. The first kappa shape index (κ1) is 19.4. The Morgan fingerprint density at radius 2 is 2.20 bits per heavy atom. The molecule has 154 valence electrons. The van der Waals surface area contributed by atoms with Crippen molar-refractivity contribution in [2.45, 2.75) is 24.2 Å². The molecule has 2 aromatic carbocycles. The van der Waals surface area contributed by atoms with Crippen molar-refractivity contribution in [1.29, 1.82) is 0 Å². The van der Waals surface area contributed by atoms with E-state index in [0.717, 1.165) is 54.0 Å². The number of hydrogen-bond donors (Lipinski definition) is 2. The Labute approximate surface area is 179 Å². The molecule has 0 spiro atoms. The van der Waals surface area contributed by atoms with Crippen molar-refractivity contribution in [3.8, 4) is 0 Å². The van der Waals surface area contributed by atoms with Gasteiger partial charge >= 0.3 is 0 Å². The molecule has 1 atom stereocenters. The topological polar surface area (TPSA) is 48.1 Å². The number of carbonyl (C=O) groups is 1. The summed E-state index contributed by atoms with van der Waals surface area (Å²) in [7, 11) is 0. The van der Waals surface area contributed by atoms with Crippen LogP contribution in [0.1, 0.15) is 30.4 Å². The first-order valence-electron chi connectivity index (χ1n) is 10.3. The van der Waals surface area contributed by atoms with E-state index in [2.05, 4.69) is 33.4 Å². The van der Waals surface area contributed by atoms with E-state index in [1.165, 1.54) is 29.0 Å². The molecule has 5 rings (SSSR count). The number of rotatable bonds is 4. The van der Waals surface area contributed by atoms with E-state index < -0.39 is 0 Å². The number of halogens is 1. The molecule has 0 radical (unpaired) electrons. The van der Waals surface area contributed by atoms with E-state index in [0.29, 0.717) is 5.92 Å². The Balaban J connectivity index is 1.27. The summed E-state index contributed by atoms with van der Waals surface area (Å²) >= 11 is 1.87. The number of thioether (sulfide) groups is 1. The largest absolute Gasteiger partial charge is 0.361 e. The van der Waals surface area contributed by atoms with Gasteiger partial charge in [-0.05, 0) is 47.9 Å². The normalized spacial score (nSPS) is 19.0.